The third kappa shape index (κ3) is 3.34. The van der Waals surface area contributed by atoms with Crippen molar-refractivity contribution in [2.45, 2.75) is 19.9 Å². The molecular weight excluding hydrogens is 240 g/mol. The lowest BCUT2D eigenvalue weighted by Crippen LogP contribution is -2.24. The van der Waals surface area contributed by atoms with Crippen LogP contribution in [-0.4, -0.2) is 16.1 Å². The summed E-state index contributed by atoms with van der Waals surface area (Å²) in [5.41, 5.74) is 7.48. The topological polar surface area (TPSA) is 72.9 Å². The van der Waals surface area contributed by atoms with Gasteiger partial charge in [0.25, 0.3) is 5.56 Å². The Morgan fingerprint density at radius 3 is 2.74 bits per heavy atom. The number of benzene rings is 1. The Labute approximate surface area is 112 Å². The summed E-state index contributed by atoms with van der Waals surface area (Å²) in [6.45, 7) is 3.24. The van der Waals surface area contributed by atoms with Gasteiger partial charge in [0.1, 0.15) is 0 Å². The second-order valence-electron chi connectivity index (χ2n) is 4.29. The van der Waals surface area contributed by atoms with Crippen LogP contribution >= 0.6 is 0 Å². The molecule has 19 heavy (non-hydrogen) atoms. The molecule has 2 rings (SSSR count). The maximum atomic E-state index is 11.9. The number of anilines is 2. The molecule has 1 heterocycles. The first kappa shape index (κ1) is 13.1. The molecule has 0 atom stereocenters. The first-order valence-electron chi connectivity index (χ1n) is 6.34. The van der Waals surface area contributed by atoms with Crippen LogP contribution in [0.2, 0.25) is 0 Å². The van der Waals surface area contributed by atoms with Crippen LogP contribution in [0, 0.1) is 0 Å². The quantitative estimate of drug-likeness (QED) is 0.797. The van der Waals surface area contributed by atoms with Gasteiger partial charge in [-0.2, -0.15) is 0 Å². The highest BCUT2D eigenvalue weighted by Crippen LogP contribution is 2.06. The lowest BCUT2D eigenvalue weighted by atomic mass is 10.1. The number of hydrogen-bond donors (Lipinski definition) is 2. The fourth-order valence-electron chi connectivity index (χ4n) is 1.83. The molecule has 2 aromatic rings. The van der Waals surface area contributed by atoms with Crippen molar-refractivity contribution in [3.05, 3.63) is 52.6 Å². The molecule has 1 aromatic carbocycles. The highest BCUT2D eigenvalue weighted by Gasteiger charge is 2.02. The second kappa shape index (κ2) is 6.04. The number of aryl methyl sites for hydroxylation is 1. The van der Waals surface area contributed by atoms with Crippen LogP contribution < -0.4 is 16.6 Å². The predicted octanol–water partition coefficient (Wildman–Crippen LogP) is 1.50. The van der Waals surface area contributed by atoms with E-state index in [-0.39, 0.29) is 5.56 Å². The Hall–Kier alpha value is -2.30. The Kier molecular flexibility index (Phi) is 4.18. The lowest BCUT2D eigenvalue weighted by Gasteiger charge is -2.07. The number of hydrogen-bond acceptors (Lipinski definition) is 4. The number of nitrogens with zero attached hydrogens (tertiary/aromatic N) is 2. The summed E-state index contributed by atoms with van der Waals surface area (Å²) in [4.78, 5) is 16.0. The summed E-state index contributed by atoms with van der Waals surface area (Å²) in [5, 5.41) is 3.08. The van der Waals surface area contributed by atoms with Gasteiger partial charge in [-0.25, -0.2) is 4.98 Å². The van der Waals surface area contributed by atoms with Crippen molar-refractivity contribution in [2.75, 3.05) is 17.6 Å². The predicted molar refractivity (Wildman–Crippen MR) is 77.2 cm³/mol. The molecule has 3 N–H and O–H groups in total. The van der Waals surface area contributed by atoms with E-state index in [1.165, 1.54) is 5.56 Å². The van der Waals surface area contributed by atoms with Crippen molar-refractivity contribution in [1.82, 2.24) is 9.55 Å². The van der Waals surface area contributed by atoms with Crippen molar-refractivity contribution in [3.63, 3.8) is 0 Å². The molecular formula is C14H18N4O. The number of aromatic nitrogens is 2. The monoisotopic (exact) mass is 258 g/mol. The first-order valence-corrected chi connectivity index (χ1v) is 6.34. The maximum Gasteiger partial charge on any atom is 0.293 e. The van der Waals surface area contributed by atoms with Gasteiger partial charge >= 0.3 is 0 Å². The van der Waals surface area contributed by atoms with E-state index in [9.17, 15) is 4.79 Å². The molecule has 0 unspecified atom stereocenters. The van der Waals surface area contributed by atoms with Crippen LogP contribution in [0.3, 0.4) is 0 Å². The average Bonchev–Trinajstić information content (AvgIpc) is 2.43. The van der Waals surface area contributed by atoms with Gasteiger partial charge < -0.3 is 15.6 Å². The minimum atomic E-state index is -0.0812. The fourth-order valence-corrected chi connectivity index (χ4v) is 1.83. The van der Waals surface area contributed by atoms with Gasteiger partial charge in [-0.1, -0.05) is 12.1 Å². The van der Waals surface area contributed by atoms with Gasteiger partial charge in [0.05, 0.1) is 0 Å². The van der Waals surface area contributed by atoms with Gasteiger partial charge in [-0.05, 0) is 31.0 Å². The molecule has 0 fully saturated rings. The smallest absolute Gasteiger partial charge is 0.293 e. The van der Waals surface area contributed by atoms with Crippen LogP contribution in [0.15, 0.2) is 41.5 Å². The van der Waals surface area contributed by atoms with Crippen molar-refractivity contribution >= 4 is 11.5 Å². The molecule has 0 saturated carbocycles. The normalized spacial score (nSPS) is 10.4. The molecule has 0 saturated heterocycles. The number of nitrogens with two attached hydrogens (primary N) is 1. The summed E-state index contributed by atoms with van der Waals surface area (Å²) < 4.78 is 1.62. The van der Waals surface area contributed by atoms with Crippen molar-refractivity contribution in [3.8, 4) is 0 Å². The molecule has 0 aliphatic carbocycles. The molecule has 100 valence electrons. The van der Waals surface area contributed by atoms with E-state index in [1.807, 2.05) is 31.2 Å². The molecule has 0 aliphatic heterocycles. The van der Waals surface area contributed by atoms with Gasteiger partial charge in [0, 0.05) is 31.2 Å². The summed E-state index contributed by atoms with van der Waals surface area (Å²) in [7, 11) is 0. The number of nitrogen functional groups attached to an aromatic ring is 1. The highest BCUT2D eigenvalue weighted by molar-refractivity contribution is 5.39. The van der Waals surface area contributed by atoms with Crippen molar-refractivity contribution in [2.24, 2.45) is 0 Å². The van der Waals surface area contributed by atoms with E-state index in [0.717, 1.165) is 12.1 Å². The molecule has 0 bridgehead atoms. The van der Waals surface area contributed by atoms with E-state index >= 15 is 0 Å². The zero-order valence-corrected chi connectivity index (χ0v) is 11.0. The van der Waals surface area contributed by atoms with E-state index in [4.69, 9.17) is 5.73 Å². The maximum absolute atomic E-state index is 11.9. The Bertz CT molecular complexity index is 589. The van der Waals surface area contributed by atoms with Crippen LogP contribution in [0.5, 0.6) is 0 Å². The standard InChI is InChI=1S/C14H18N4O/c1-2-18-10-9-17-13(14(18)19)16-8-7-11-3-5-12(15)6-4-11/h3-6,9-10H,2,7-8,15H2,1H3,(H,16,17). The van der Waals surface area contributed by atoms with Crippen LogP contribution in [0.1, 0.15) is 12.5 Å². The number of nitrogens with one attached hydrogen (secondary N) is 1. The Morgan fingerprint density at radius 1 is 1.32 bits per heavy atom. The van der Waals surface area contributed by atoms with Crippen molar-refractivity contribution in [1.29, 1.82) is 0 Å². The van der Waals surface area contributed by atoms with Crippen molar-refractivity contribution < 1.29 is 0 Å². The van der Waals surface area contributed by atoms with Crippen LogP contribution in [0.25, 0.3) is 0 Å². The summed E-state index contributed by atoms with van der Waals surface area (Å²) in [6.07, 6.45) is 4.15. The average molecular weight is 258 g/mol. The van der Waals surface area contributed by atoms with Gasteiger partial charge in [-0.15, -0.1) is 0 Å². The third-order valence-corrected chi connectivity index (χ3v) is 2.94. The van der Waals surface area contributed by atoms with Gasteiger partial charge in [0.2, 0.25) is 0 Å². The minimum absolute atomic E-state index is 0.0812. The van der Waals surface area contributed by atoms with E-state index in [2.05, 4.69) is 10.3 Å². The minimum Gasteiger partial charge on any atom is -0.399 e. The fraction of sp³-hybridized carbons (Fsp3) is 0.286. The van der Waals surface area contributed by atoms with Crippen LogP contribution in [0.4, 0.5) is 11.5 Å². The second-order valence-corrected chi connectivity index (χ2v) is 4.29. The first-order chi connectivity index (χ1) is 9.20. The lowest BCUT2D eigenvalue weighted by molar-refractivity contribution is 0.718. The van der Waals surface area contributed by atoms with E-state index in [1.54, 1.807) is 17.0 Å². The molecule has 1 aromatic heterocycles. The third-order valence-electron chi connectivity index (χ3n) is 2.94. The van der Waals surface area contributed by atoms with Crippen LogP contribution in [-0.2, 0) is 13.0 Å². The Balaban J connectivity index is 1.96. The largest absolute Gasteiger partial charge is 0.399 e. The van der Waals surface area contributed by atoms with E-state index in [0.29, 0.717) is 18.9 Å². The zero-order chi connectivity index (χ0) is 13.7. The Morgan fingerprint density at radius 2 is 2.05 bits per heavy atom. The molecule has 0 spiro atoms. The molecule has 0 amide bonds. The van der Waals surface area contributed by atoms with Gasteiger partial charge in [0.15, 0.2) is 5.82 Å². The molecule has 5 nitrogen and oxygen atoms in total. The zero-order valence-electron chi connectivity index (χ0n) is 11.0. The SMILES string of the molecule is CCn1ccnc(NCCc2ccc(N)cc2)c1=O. The molecule has 5 heteroatoms. The number of rotatable bonds is 5. The summed E-state index contributed by atoms with van der Waals surface area (Å²) >= 11 is 0. The van der Waals surface area contributed by atoms with Gasteiger partial charge in [-0.3, -0.25) is 4.79 Å². The summed E-state index contributed by atoms with van der Waals surface area (Å²) in [6, 6.07) is 7.72. The summed E-state index contributed by atoms with van der Waals surface area (Å²) in [5.74, 6) is 0.403. The highest BCUT2D eigenvalue weighted by atomic mass is 16.1. The van der Waals surface area contributed by atoms with E-state index < -0.39 is 0 Å². The molecule has 0 aliphatic rings. The molecule has 0 radical (unpaired) electrons.